The number of Topliss-reactive ketones (excluding diaryl/α,β-unsaturated/α-hetero) is 1. The van der Waals surface area contributed by atoms with Crippen LogP contribution in [0.1, 0.15) is 26.3 Å². The van der Waals surface area contributed by atoms with Gasteiger partial charge in [-0.2, -0.15) is 8.42 Å². The van der Waals surface area contributed by atoms with E-state index in [1.807, 2.05) is 6.92 Å². The van der Waals surface area contributed by atoms with Crippen LogP contribution >= 0.6 is 15.9 Å². The Morgan fingerprint density at radius 3 is 2.33 bits per heavy atom. The Kier molecular flexibility index (Phi) is 4.15. The first-order valence-corrected chi connectivity index (χ1v) is 9.10. The molecule has 1 aliphatic carbocycles. The number of rotatable bonds is 3. The second-order valence-electron chi connectivity index (χ2n) is 5.21. The summed E-state index contributed by atoms with van der Waals surface area (Å²) >= 11 is 3.03. The predicted octanol–water partition coefficient (Wildman–Crippen LogP) is 3.42. The third kappa shape index (κ3) is 2.92. The first-order valence-electron chi connectivity index (χ1n) is 6.90. The van der Waals surface area contributed by atoms with Crippen LogP contribution in [0, 0.1) is 6.92 Å². The van der Waals surface area contributed by atoms with Crippen molar-refractivity contribution in [3.63, 3.8) is 0 Å². The van der Waals surface area contributed by atoms with Gasteiger partial charge in [0.1, 0.15) is 4.90 Å². The highest BCUT2D eigenvalue weighted by atomic mass is 79.9. The van der Waals surface area contributed by atoms with Gasteiger partial charge in [0.05, 0.1) is 10.0 Å². The second kappa shape index (κ2) is 5.99. The summed E-state index contributed by atoms with van der Waals surface area (Å²) in [5, 5.41) is 0. The highest BCUT2D eigenvalue weighted by Gasteiger charge is 2.29. The average molecular weight is 407 g/mol. The van der Waals surface area contributed by atoms with Crippen LogP contribution in [0.4, 0.5) is 0 Å². The van der Waals surface area contributed by atoms with E-state index in [-0.39, 0.29) is 26.3 Å². The maximum atomic E-state index is 12.4. The SMILES string of the molecule is Cc1ccc(S(=O)(=O)Oc2cccc3c2C(=O)C=C(Br)C3=O)cc1. The number of carbonyl (C=O) groups excluding carboxylic acids is 2. The number of benzene rings is 2. The first-order chi connectivity index (χ1) is 11.3. The van der Waals surface area contributed by atoms with Gasteiger partial charge in [-0.25, -0.2) is 0 Å². The molecule has 122 valence electrons. The zero-order valence-corrected chi connectivity index (χ0v) is 14.8. The van der Waals surface area contributed by atoms with E-state index in [0.717, 1.165) is 11.6 Å². The minimum atomic E-state index is -4.11. The molecule has 0 saturated carbocycles. The molecular weight excluding hydrogens is 396 g/mol. The first kappa shape index (κ1) is 16.6. The predicted molar refractivity (Wildman–Crippen MR) is 91.1 cm³/mol. The zero-order valence-electron chi connectivity index (χ0n) is 12.4. The lowest BCUT2D eigenvalue weighted by atomic mass is 9.94. The number of aryl methyl sites for hydroxylation is 1. The minimum absolute atomic E-state index is 0.0305. The quantitative estimate of drug-likeness (QED) is 0.729. The topological polar surface area (TPSA) is 77.5 Å². The summed E-state index contributed by atoms with van der Waals surface area (Å²) in [6.45, 7) is 1.83. The van der Waals surface area contributed by atoms with Gasteiger partial charge in [0, 0.05) is 11.6 Å². The van der Waals surface area contributed by atoms with Crippen molar-refractivity contribution in [2.75, 3.05) is 0 Å². The van der Waals surface area contributed by atoms with E-state index >= 15 is 0 Å². The van der Waals surface area contributed by atoms with Crippen LogP contribution in [0.2, 0.25) is 0 Å². The Morgan fingerprint density at radius 2 is 1.67 bits per heavy atom. The van der Waals surface area contributed by atoms with Crippen LogP contribution in [0.15, 0.2) is 57.9 Å². The van der Waals surface area contributed by atoms with E-state index in [0.29, 0.717) is 0 Å². The van der Waals surface area contributed by atoms with Crippen molar-refractivity contribution in [2.24, 2.45) is 0 Å². The lowest BCUT2D eigenvalue weighted by Gasteiger charge is -2.16. The number of hydrogen-bond donors (Lipinski definition) is 0. The van der Waals surface area contributed by atoms with Gasteiger partial charge in [-0.05, 0) is 47.1 Å². The van der Waals surface area contributed by atoms with Crippen molar-refractivity contribution in [1.29, 1.82) is 0 Å². The van der Waals surface area contributed by atoms with Gasteiger partial charge >= 0.3 is 10.1 Å². The fourth-order valence-corrected chi connectivity index (χ4v) is 3.66. The molecule has 5 nitrogen and oxygen atoms in total. The Balaban J connectivity index is 2.06. The second-order valence-corrected chi connectivity index (χ2v) is 7.62. The van der Waals surface area contributed by atoms with Crippen LogP contribution in [-0.2, 0) is 10.1 Å². The molecule has 0 spiro atoms. The lowest BCUT2D eigenvalue weighted by Crippen LogP contribution is -2.18. The molecule has 2 aromatic carbocycles. The molecule has 0 amide bonds. The van der Waals surface area contributed by atoms with Crippen LogP contribution in [0.5, 0.6) is 5.75 Å². The molecule has 0 radical (unpaired) electrons. The number of carbonyl (C=O) groups is 2. The smallest absolute Gasteiger partial charge is 0.339 e. The van der Waals surface area contributed by atoms with Crippen molar-refractivity contribution < 1.29 is 22.2 Å². The van der Waals surface area contributed by atoms with Gasteiger partial charge in [0.15, 0.2) is 11.5 Å². The largest absolute Gasteiger partial charge is 0.378 e. The Morgan fingerprint density at radius 1 is 1.00 bits per heavy atom. The van der Waals surface area contributed by atoms with Gasteiger partial charge < -0.3 is 4.18 Å². The van der Waals surface area contributed by atoms with Gasteiger partial charge in [-0.3, -0.25) is 9.59 Å². The molecule has 2 aromatic rings. The fourth-order valence-electron chi connectivity index (χ4n) is 2.30. The summed E-state index contributed by atoms with van der Waals surface area (Å²) < 4.78 is 30.1. The molecule has 0 atom stereocenters. The molecule has 0 heterocycles. The molecule has 0 fully saturated rings. The fraction of sp³-hybridized carbons (Fsp3) is 0.0588. The van der Waals surface area contributed by atoms with E-state index in [4.69, 9.17) is 4.18 Å². The summed E-state index contributed by atoms with van der Waals surface area (Å²) in [6.07, 6.45) is 1.11. The van der Waals surface area contributed by atoms with E-state index in [2.05, 4.69) is 15.9 Å². The average Bonchev–Trinajstić information content (AvgIpc) is 2.52. The third-order valence-electron chi connectivity index (χ3n) is 3.50. The molecule has 0 saturated heterocycles. The number of ketones is 2. The van der Waals surface area contributed by atoms with Crippen molar-refractivity contribution in [1.82, 2.24) is 0 Å². The molecule has 0 bridgehead atoms. The Hall–Kier alpha value is -2.25. The van der Waals surface area contributed by atoms with Crippen molar-refractivity contribution >= 4 is 37.6 Å². The number of fused-ring (bicyclic) bond motifs is 1. The van der Waals surface area contributed by atoms with E-state index in [1.54, 1.807) is 12.1 Å². The summed E-state index contributed by atoms with van der Waals surface area (Å²) in [7, 11) is -4.11. The van der Waals surface area contributed by atoms with Crippen molar-refractivity contribution in [3.8, 4) is 5.75 Å². The molecule has 3 rings (SSSR count). The van der Waals surface area contributed by atoms with Gasteiger partial charge in [-0.15, -0.1) is 0 Å². The molecule has 0 N–H and O–H groups in total. The number of hydrogen-bond acceptors (Lipinski definition) is 5. The zero-order chi connectivity index (χ0) is 17.5. The van der Waals surface area contributed by atoms with Gasteiger partial charge in [0.25, 0.3) is 0 Å². The molecule has 0 unspecified atom stereocenters. The summed E-state index contributed by atoms with van der Waals surface area (Å²) in [5.41, 5.74) is 0.953. The van der Waals surface area contributed by atoms with Crippen molar-refractivity contribution in [2.45, 2.75) is 11.8 Å². The molecular formula is C17H11BrO5S. The van der Waals surface area contributed by atoms with Crippen molar-refractivity contribution in [3.05, 3.63) is 69.7 Å². The molecule has 0 aromatic heterocycles. The summed E-state index contributed by atoms with van der Waals surface area (Å²) in [6, 6.07) is 10.4. The van der Waals surface area contributed by atoms with Crippen LogP contribution < -0.4 is 4.18 Å². The maximum absolute atomic E-state index is 12.4. The standard InChI is InChI=1S/C17H11BrO5S/c1-10-5-7-11(8-6-10)24(21,22)23-15-4-2-3-12-16(15)14(19)9-13(18)17(12)20/h2-9H,1H3. The van der Waals surface area contributed by atoms with E-state index in [9.17, 15) is 18.0 Å². The van der Waals surface area contributed by atoms with Crippen LogP contribution in [-0.4, -0.2) is 20.0 Å². The number of halogens is 1. The highest BCUT2D eigenvalue weighted by molar-refractivity contribution is 9.12. The van der Waals surface area contributed by atoms with Crippen LogP contribution in [0.3, 0.4) is 0 Å². The third-order valence-corrected chi connectivity index (χ3v) is 5.34. The lowest BCUT2D eigenvalue weighted by molar-refractivity contribution is 0.0990. The van der Waals surface area contributed by atoms with E-state index in [1.165, 1.54) is 30.3 Å². The summed E-state index contributed by atoms with van der Waals surface area (Å²) in [4.78, 5) is 24.3. The number of allylic oxidation sites excluding steroid dienone is 2. The maximum Gasteiger partial charge on any atom is 0.339 e. The highest BCUT2D eigenvalue weighted by Crippen LogP contribution is 2.32. The molecule has 0 aliphatic heterocycles. The molecule has 24 heavy (non-hydrogen) atoms. The van der Waals surface area contributed by atoms with Gasteiger partial charge in [-0.1, -0.05) is 23.8 Å². The Labute approximate surface area is 147 Å². The summed E-state index contributed by atoms with van der Waals surface area (Å²) in [5.74, 6) is -1.06. The monoisotopic (exact) mass is 406 g/mol. The molecule has 7 heteroatoms. The Bertz CT molecular complexity index is 988. The minimum Gasteiger partial charge on any atom is -0.378 e. The van der Waals surface area contributed by atoms with E-state index < -0.39 is 21.7 Å². The molecule has 1 aliphatic rings. The van der Waals surface area contributed by atoms with Crippen LogP contribution in [0.25, 0.3) is 0 Å². The van der Waals surface area contributed by atoms with Gasteiger partial charge in [0.2, 0.25) is 5.78 Å². The normalized spacial score (nSPS) is 14.2.